The molecule has 1 fully saturated rings. The number of rotatable bonds is 5. The number of amides is 1. The first kappa shape index (κ1) is 19.2. The Morgan fingerprint density at radius 1 is 1.03 bits per heavy atom. The van der Waals surface area contributed by atoms with Crippen molar-refractivity contribution in [2.45, 2.75) is 13.0 Å². The van der Waals surface area contributed by atoms with E-state index in [0.29, 0.717) is 12.2 Å². The van der Waals surface area contributed by atoms with Crippen LogP contribution in [-0.4, -0.2) is 53.9 Å². The largest absolute Gasteiger partial charge is 0.383 e. The summed E-state index contributed by atoms with van der Waals surface area (Å²) in [6.07, 6.45) is 2.20. The number of carbonyl (C=O) groups excluding carboxylic acids is 1. The van der Waals surface area contributed by atoms with Gasteiger partial charge in [0, 0.05) is 50.0 Å². The molecule has 29 heavy (non-hydrogen) atoms. The third kappa shape index (κ3) is 4.66. The summed E-state index contributed by atoms with van der Waals surface area (Å²) in [4.78, 5) is 20.8. The van der Waals surface area contributed by atoms with Crippen LogP contribution in [0.3, 0.4) is 0 Å². The molecule has 3 N–H and O–H groups in total. The zero-order valence-electron chi connectivity index (χ0n) is 16.8. The quantitative estimate of drug-likeness (QED) is 0.702. The lowest BCUT2D eigenvalue weighted by molar-refractivity contribution is -0.132. The predicted molar refractivity (Wildman–Crippen MR) is 118 cm³/mol. The number of piperazine rings is 1. The Hall–Kier alpha value is -3.12. The highest BCUT2D eigenvalue weighted by molar-refractivity contribution is 5.92. The van der Waals surface area contributed by atoms with Gasteiger partial charge in [-0.3, -0.25) is 4.79 Å². The first-order valence-electron chi connectivity index (χ1n) is 10.0. The number of hydrogen-bond donors (Lipinski definition) is 2. The molecule has 6 heteroatoms. The fourth-order valence-electron chi connectivity index (χ4n) is 3.63. The van der Waals surface area contributed by atoms with E-state index in [1.54, 1.807) is 6.20 Å². The maximum absolute atomic E-state index is 12.5. The number of nitrogens with two attached hydrogens (primary N) is 1. The number of benzene rings is 2. The number of carbonyl (C=O) groups is 1. The molecule has 0 bridgehead atoms. The van der Waals surface area contributed by atoms with E-state index in [4.69, 9.17) is 5.73 Å². The molecule has 2 aromatic carbocycles. The van der Waals surface area contributed by atoms with Crippen molar-refractivity contribution in [2.24, 2.45) is 0 Å². The molecular formula is C23H27N5O. The van der Waals surface area contributed by atoms with E-state index < -0.39 is 0 Å². The third-order valence-corrected chi connectivity index (χ3v) is 5.53. The maximum atomic E-state index is 12.5. The van der Waals surface area contributed by atoms with E-state index in [1.165, 1.54) is 5.56 Å². The van der Waals surface area contributed by atoms with Crippen LogP contribution in [-0.2, 0) is 17.8 Å². The minimum atomic E-state index is 0.217. The SMILES string of the molecule is CN1CCN(C(=O)Cc2ccc(CNc3ccc4c(N)nccc4c3)cc2)CC1. The molecule has 0 unspecified atom stereocenters. The highest BCUT2D eigenvalue weighted by Crippen LogP contribution is 2.22. The summed E-state index contributed by atoms with van der Waals surface area (Å²) in [6.45, 7) is 4.27. The van der Waals surface area contributed by atoms with Crippen LogP contribution in [0.4, 0.5) is 11.5 Å². The van der Waals surface area contributed by atoms with Crippen LogP contribution in [0.15, 0.2) is 54.7 Å². The fraction of sp³-hybridized carbons (Fsp3) is 0.304. The Bertz CT molecular complexity index is 994. The number of anilines is 2. The van der Waals surface area contributed by atoms with Gasteiger partial charge < -0.3 is 20.9 Å². The Kier molecular flexibility index (Phi) is 5.62. The number of pyridine rings is 1. The predicted octanol–water partition coefficient (Wildman–Crippen LogP) is 2.75. The number of nitrogens with zero attached hydrogens (tertiary/aromatic N) is 3. The lowest BCUT2D eigenvalue weighted by Gasteiger charge is -2.32. The number of nitrogens with one attached hydrogen (secondary N) is 1. The molecule has 1 amide bonds. The molecule has 0 spiro atoms. The maximum Gasteiger partial charge on any atom is 0.227 e. The lowest BCUT2D eigenvalue weighted by atomic mass is 10.1. The number of nitrogen functional groups attached to an aromatic ring is 1. The van der Waals surface area contributed by atoms with E-state index in [-0.39, 0.29) is 5.91 Å². The van der Waals surface area contributed by atoms with Crippen molar-refractivity contribution >= 4 is 28.2 Å². The molecule has 150 valence electrons. The highest BCUT2D eigenvalue weighted by Gasteiger charge is 2.18. The molecule has 0 aliphatic carbocycles. The standard InChI is InChI=1S/C23H27N5O/c1-27-10-12-28(13-11-27)22(29)14-17-2-4-18(5-3-17)16-26-20-6-7-21-19(15-20)8-9-25-23(21)24/h2-9,15,26H,10-14,16H2,1H3,(H2,24,25). The molecule has 0 atom stereocenters. The van der Waals surface area contributed by atoms with Crippen LogP contribution in [0.5, 0.6) is 0 Å². The van der Waals surface area contributed by atoms with Gasteiger partial charge in [0.15, 0.2) is 0 Å². The van der Waals surface area contributed by atoms with E-state index in [0.717, 1.165) is 54.7 Å². The molecule has 4 rings (SSSR count). The van der Waals surface area contributed by atoms with Crippen molar-refractivity contribution in [3.63, 3.8) is 0 Å². The monoisotopic (exact) mass is 389 g/mol. The van der Waals surface area contributed by atoms with Crippen molar-refractivity contribution < 1.29 is 4.79 Å². The van der Waals surface area contributed by atoms with Crippen molar-refractivity contribution in [3.05, 3.63) is 65.9 Å². The van der Waals surface area contributed by atoms with Crippen LogP contribution in [0, 0.1) is 0 Å². The molecule has 1 aromatic heterocycles. The van der Waals surface area contributed by atoms with Gasteiger partial charge >= 0.3 is 0 Å². The van der Waals surface area contributed by atoms with Gasteiger partial charge in [0.25, 0.3) is 0 Å². The average molecular weight is 390 g/mol. The Labute approximate surface area is 171 Å². The second-order valence-electron chi connectivity index (χ2n) is 7.66. The Balaban J connectivity index is 1.33. The minimum absolute atomic E-state index is 0.217. The van der Waals surface area contributed by atoms with Crippen LogP contribution in [0.1, 0.15) is 11.1 Å². The first-order chi connectivity index (χ1) is 14.1. The average Bonchev–Trinajstić information content (AvgIpc) is 2.74. The van der Waals surface area contributed by atoms with Gasteiger partial charge in [-0.25, -0.2) is 4.98 Å². The zero-order chi connectivity index (χ0) is 20.2. The second kappa shape index (κ2) is 8.49. The minimum Gasteiger partial charge on any atom is -0.383 e. The van der Waals surface area contributed by atoms with Crippen LogP contribution in [0.25, 0.3) is 10.8 Å². The third-order valence-electron chi connectivity index (χ3n) is 5.53. The van der Waals surface area contributed by atoms with Crippen LogP contribution >= 0.6 is 0 Å². The fourth-order valence-corrected chi connectivity index (χ4v) is 3.63. The summed E-state index contributed by atoms with van der Waals surface area (Å²) in [5, 5.41) is 5.48. The van der Waals surface area contributed by atoms with E-state index in [2.05, 4.69) is 52.6 Å². The van der Waals surface area contributed by atoms with Gasteiger partial charge in [0.2, 0.25) is 5.91 Å². The molecule has 6 nitrogen and oxygen atoms in total. The van der Waals surface area contributed by atoms with Gasteiger partial charge in [-0.05, 0) is 47.8 Å². The van der Waals surface area contributed by atoms with Crippen molar-refractivity contribution in [1.82, 2.24) is 14.8 Å². The van der Waals surface area contributed by atoms with E-state index in [1.807, 2.05) is 23.1 Å². The topological polar surface area (TPSA) is 74.5 Å². The van der Waals surface area contributed by atoms with Crippen LogP contribution in [0.2, 0.25) is 0 Å². The summed E-state index contributed by atoms with van der Waals surface area (Å²) < 4.78 is 0. The van der Waals surface area contributed by atoms with Gasteiger partial charge in [-0.2, -0.15) is 0 Å². The van der Waals surface area contributed by atoms with E-state index >= 15 is 0 Å². The smallest absolute Gasteiger partial charge is 0.227 e. The molecule has 1 aliphatic rings. The molecule has 2 heterocycles. The Morgan fingerprint density at radius 2 is 1.76 bits per heavy atom. The first-order valence-corrected chi connectivity index (χ1v) is 10.0. The summed E-state index contributed by atoms with van der Waals surface area (Å²) in [7, 11) is 2.10. The number of aromatic nitrogens is 1. The summed E-state index contributed by atoms with van der Waals surface area (Å²) >= 11 is 0. The van der Waals surface area contributed by atoms with Gasteiger partial charge in [0.05, 0.1) is 6.42 Å². The van der Waals surface area contributed by atoms with Crippen molar-refractivity contribution in [3.8, 4) is 0 Å². The molecular weight excluding hydrogens is 362 g/mol. The van der Waals surface area contributed by atoms with Gasteiger partial charge in [-0.15, -0.1) is 0 Å². The van der Waals surface area contributed by atoms with Crippen molar-refractivity contribution in [1.29, 1.82) is 0 Å². The number of hydrogen-bond acceptors (Lipinski definition) is 5. The summed E-state index contributed by atoms with van der Waals surface area (Å²) in [5.41, 5.74) is 9.19. The molecule has 0 radical (unpaired) electrons. The van der Waals surface area contributed by atoms with Gasteiger partial charge in [-0.1, -0.05) is 24.3 Å². The second-order valence-corrected chi connectivity index (χ2v) is 7.66. The summed E-state index contributed by atoms with van der Waals surface area (Å²) in [6, 6.07) is 16.3. The normalized spacial score (nSPS) is 14.9. The highest BCUT2D eigenvalue weighted by atomic mass is 16.2. The molecule has 0 saturated carbocycles. The Morgan fingerprint density at radius 3 is 2.52 bits per heavy atom. The van der Waals surface area contributed by atoms with Crippen LogP contribution < -0.4 is 11.1 Å². The van der Waals surface area contributed by atoms with E-state index in [9.17, 15) is 4.79 Å². The molecule has 1 aliphatic heterocycles. The molecule has 1 saturated heterocycles. The number of fused-ring (bicyclic) bond motifs is 1. The summed E-state index contributed by atoms with van der Waals surface area (Å²) in [5.74, 6) is 0.768. The van der Waals surface area contributed by atoms with Gasteiger partial charge in [0.1, 0.15) is 5.82 Å². The molecule has 3 aromatic rings. The zero-order valence-corrected chi connectivity index (χ0v) is 16.8. The number of likely N-dealkylation sites (N-methyl/N-ethyl adjacent to an activating group) is 1. The lowest BCUT2D eigenvalue weighted by Crippen LogP contribution is -2.47. The van der Waals surface area contributed by atoms with Crippen molar-refractivity contribution in [2.75, 3.05) is 44.3 Å².